The predicted molar refractivity (Wildman–Crippen MR) is 205 cm³/mol. The Hall–Kier alpha value is -3.15. The summed E-state index contributed by atoms with van der Waals surface area (Å²) in [5.41, 5.74) is 9.85. The number of aromatic nitrogens is 8. The molecule has 3 unspecified atom stereocenters. The highest BCUT2D eigenvalue weighted by molar-refractivity contribution is 8.44. The average molecular weight is 875 g/mol. The van der Waals surface area contributed by atoms with Crippen LogP contribution in [0, 0.1) is 0 Å². The van der Waals surface area contributed by atoms with Crippen molar-refractivity contribution in [1.82, 2.24) is 39.0 Å². The first-order valence-electron chi connectivity index (χ1n) is 18.3. The Morgan fingerprint density at radius 3 is 2.49 bits per heavy atom. The number of imidazole rings is 2. The number of nitrogens with two attached hydrogens (primary N) is 2. The first-order valence-corrected chi connectivity index (χ1v) is 23.6. The van der Waals surface area contributed by atoms with E-state index in [1.165, 1.54) is 28.1 Å². The van der Waals surface area contributed by atoms with Gasteiger partial charge in [0.2, 0.25) is 5.95 Å². The van der Waals surface area contributed by atoms with Gasteiger partial charge in [-0.2, -0.15) is 4.98 Å². The Morgan fingerprint density at radius 1 is 0.982 bits per heavy atom. The monoisotopic (exact) mass is 874 g/mol. The molecule has 0 spiro atoms. The van der Waals surface area contributed by atoms with Gasteiger partial charge in [-0.1, -0.05) is 57.7 Å². The van der Waals surface area contributed by atoms with Crippen LogP contribution in [0.3, 0.4) is 0 Å². The van der Waals surface area contributed by atoms with Crippen molar-refractivity contribution in [3.8, 4) is 0 Å². The van der Waals surface area contributed by atoms with E-state index >= 15 is 4.39 Å². The van der Waals surface area contributed by atoms with Crippen LogP contribution < -0.4 is 17.0 Å². The number of hydrogen-bond donors (Lipinski definition) is 5. The van der Waals surface area contributed by atoms with E-state index in [9.17, 15) is 19.0 Å². The highest BCUT2D eigenvalue weighted by Gasteiger charge is 2.59. The van der Waals surface area contributed by atoms with Gasteiger partial charge in [-0.05, 0) is 18.2 Å². The maximum absolute atomic E-state index is 16.7. The molecule has 0 aromatic carbocycles. The summed E-state index contributed by atoms with van der Waals surface area (Å²) in [6.45, 7) is -7.55. The molecule has 4 fully saturated rings. The molecule has 26 heteroatoms. The second-order valence-corrected chi connectivity index (χ2v) is 20.0. The van der Waals surface area contributed by atoms with Crippen LogP contribution in [0.2, 0.25) is 0 Å². The standard InChI is InChI=1S/C31H41FN10O11P2S2/c1-2-3-4-5-6-7-8-31-9-15-22(50-17(43)10-31)23(29(48-15)42-14-38-20-26(42)39-30(34)40-27(20)44)52-54(45,56)47-11-16-21(51-55(46,57)53-31)18(32)28(49-16)41-13-37-19-24(33)35-12-36-25(19)41/h12-16,18,21-23,28-29H,2-11H2,1H3,(H,45,56)(H,46,57)(H2,33,35,36)(H3,34,39,40,44)/t15-,16-,18-,21-,22-,23-,28-,29-,31?,54?,55?/m1/s1. The lowest BCUT2D eigenvalue weighted by Gasteiger charge is -2.36. The van der Waals surface area contributed by atoms with Crippen LogP contribution in [-0.2, 0) is 53.5 Å². The number of rotatable bonds is 9. The van der Waals surface area contributed by atoms with Crippen molar-refractivity contribution in [2.45, 2.75) is 119 Å². The van der Waals surface area contributed by atoms with E-state index in [1.807, 2.05) is 0 Å². The average Bonchev–Trinajstić information content (AvgIpc) is 3.88. The number of thiol groups is 1. The van der Waals surface area contributed by atoms with Gasteiger partial charge in [0.05, 0.1) is 31.3 Å². The van der Waals surface area contributed by atoms with E-state index < -0.39 is 92.8 Å². The molecule has 4 saturated heterocycles. The number of esters is 1. The number of alkyl halides is 1. The van der Waals surface area contributed by atoms with Crippen LogP contribution in [0.15, 0.2) is 23.8 Å². The zero-order chi connectivity index (χ0) is 40.3. The summed E-state index contributed by atoms with van der Waals surface area (Å²) < 4.78 is 76.5. The summed E-state index contributed by atoms with van der Waals surface area (Å²) in [4.78, 5) is 61.2. The van der Waals surface area contributed by atoms with Crippen molar-refractivity contribution in [2.75, 3.05) is 18.1 Å². The van der Waals surface area contributed by atoms with E-state index in [-0.39, 0.29) is 46.9 Å². The highest BCUT2D eigenvalue weighted by Crippen LogP contribution is 2.62. The van der Waals surface area contributed by atoms with Crippen molar-refractivity contribution in [2.24, 2.45) is 0 Å². The number of halogens is 1. The minimum absolute atomic E-state index is 0.00755. The molecule has 0 saturated carbocycles. The number of hydrogen-bond acceptors (Lipinski definition) is 18. The van der Waals surface area contributed by atoms with Gasteiger partial charge >= 0.3 is 19.5 Å². The molecular formula is C31H41FN10O11P2S2. The number of ether oxygens (including phenoxy) is 3. The maximum Gasteiger partial charge on any atom is 0.387 e. The highest BCUT2D eigenvalue weighted by atomic mass is 32.7. The number of nitrogens with zero attached hydrogens (tertiary/aromatic N) is 7. The van der Waals surface area contributed by atoms with E-state index in [2.05, 4.69) is 49.1 Å². The summed E-state index contributed by atoms with van der Waals surface area (Å²) in [7, 11) is 0. The topological polar surface area (TPSA) is 278 Å². The van der Waals surface area contributed by atoms with E-state index in [4.69, 9.17) is 55.6 Å². The van der Waals surface area contributed by atoms with Gasteiger partial charge in [0, 0.05) is 6.42 Å². The van der Waals surface area contributed by atoms with Crippen molar-refractivity contribution < 1.29 is 50.9 Å². The first-order chi connectivity index (χ1) is 27.2. The summed E-state index contributed by atoms with van der Waals surface area (Å²) in [6, 6.07) is 0. The number of nitrogens with one attached hydrogen (secondary N) is 1. The first kappa shape index (κ1) is 40.6. The van der Waals surface area contributed by atoms with Gasteiger partial charge < -0.3 is 35.1 Å². The molecule has 4 aromatic heterocycles. The smallest absolute Gasteiger partial charge is 0.387 e. The van der Waals surface area contributed by atoms with Gasteiger partial charge in [0.15, 0.2) is 53.5 Å². The fourth-order valence-electron chi connectivity index (χ4n) is 7.91. The fourth-order valence-corrected chi connectivity index (χ4v) is 11.5. The third-order valence-corrected chi connectivity index (χ3v) is 13.7. The van der Waals surface area contributed by atoms with Gasteiger partial charge in [-0.15, -0.1) is 0 Å². The third-order valence-electron chi connectivity index (χ3n) is 10.5. The molecule has 57 heavy (non-hydrogen) atoms. The second kappa shape index (κ2) is 15.8. The van der Waals surface area contributed by atoms with Crippen molar-refractivity contribution in [1.29, 1.82) is 0 Å². The molecule has 21 nitrogen and oxygen atoms in total. The number of carbonyl (C=O) groups is 1. The molecule has 4 aliphatic heterocycles. The van der Waals surface area contributed by atoms with Gasteiger partial charge in [-0.3, -0.25) is 37.3 Å². The molecule has 8 heterocycles. The molecule has 310 valence electrons. The molecular weight excluding hydrogens is 833 g/mol. The van der Waals surface area contributed by atoms with Crippen molar-refractivity contribution in [3.05, 3.63) is 29.3 Å². The Balaban J connectivity index is 1.19. The van der Waals surface area contributed by atoms with E-state index in [1.54, 1.807) is 0 Å². The van der Waals surface area contributed by atoms with Gasteiger partial charge in [0.1, 0.15) is 30.2 Å². The van der Waals surface area contributed by atoms with Gasteiger partial charge in [0.25, 0.3) is 5.56 Å². The number of carbonyl (C=O) groups excluding carboxylic acids is 1. The van der Waals surface area contributed by atoms with Crippen molar-refractivity contribution >= 4 is 77.6 Å². The quantitative estimate of drug-likeness (QED) is 0.0696. The zero-order valence-electron chi connectivity index (χ0n) is 30.4. The molecule has 4 bridgehead atoms. The Kier molecular flexibility index (Phi) is 11.3. The minimum Gasteiger partial charge on any atom is -0.457 e. The fraction of sp³-hybridized carbons (Fsp3) is 0.645. The molecule has 8 rings (SSSR count). The largest absolute Gasteiger partial charge is 0.457 e. The predicted octanol–water partition coefficient (Wildman–Crippen LogP) is 3.52. The normalized spacial score (nSPS) is 36.0. The summed E-state index contributed by atoms with van der Waals surface area (Å²) >= 11 is 9.81. The number of anilines is 2. The van der Waals surface area contributed by atoms with Crippen molar-refractivity contribution in [3.63, 3.8) is 0 Å². The third kappa shape index (κ3) is 8.10. The Labute approximate surface area is 333 Å². The molecule has 0 radical (unpaired) electrons. The van der Waals surface area contributed by atoms with Crippen LogP contribution in [-0.4, -0.2) is 98.8 Å². The lowest BCUT2D eigenvalue weighted by atomic mass is 9.86. The molecule has 6 N–H and O–H groups in total. The van der Waals surface area contributed by atoms with Crippen LogP contribution in [0.1, 0.15) is 77.2 Å². The lowest BCUT2D eigenvalue weighted by Crippen LogP contribution is -2.40. The van der Waals surface area contributed by atoms with Crippen LogP contribution in [0.4, 0.5) is 16.2 Å². The SMILES string of the molecule is CCCCCCCCC12CC(=O)O[C@H]3[C@@H](OP(O)(=S)OC[C@H]4O[C@@H](n5cnc6c(N)ncnc65)[C@H](F)[C@@H]4OP(=O)(S)O1)[C@H](n1cnc4c(=O)[nH]c(N)nc41)O[C@@H]3C2. The molecule has 4 aromatic rings. The number of aromatic amines is 1. The number of nitrogen functional groups attached to an aromatic ring is 2. The maximum atomic E-state index is 16.7. The van der Waals surface area contributed by atoms with Gasteiger partial charge in [-0.25, -0.2) is 28.9 Å². The van der Waals surface area contributed by atoms with Crippen LogP contribution in [0.5, 0.6) is 0 Å². The van der Waals surface area contributed by atoms with E-state index in [0.717, 1.165) is 32.1 Å². The summed E-state index contributed by atoms with van der Waals surface area (Å²) in [6.07, 6.45) is -3.06. The van der Waals surface area contributed by atoms with Crippen LogP contribution in [0.25, 0.3) is 22.3 Å². The Morgan fingerprint density at radius 2 is 1.70 bits per heavy atom. The van der Waals surface area contributed by atoms with Crippen LogP contribution >= 0.6 is 25.8 Å². The molecule has 0 aliphatic carbocycles. The molecule has 4 aliphatic rings. The number of unbranched alkanes of at least 4 members (excludes halogenated alkanes) is 5. The molecule has 11 atom stereocenters. The zero-order valence-corrected chi connectivity index (χ0v) is 33.9. The second-order valence-electron chi connectivity index (χ2n) is 14.4. The molecule has 0 amide bonds. The number of H-pyrrole nitrogens is 1. The van der Waals surface area contributed by atoms with E-state index in [0.29, 0.717) is 6.42 Å². The Bertz CT molecular complexity index is 2320. The lowest BCUT2D eigenvalue weighted by molar-refractivity contribution is -0.154. The minimum atomic E-state index is -4.62. The number of fused-ring (bicyclic) bond motifs is 4. The summed E-state index contributed by atoms with van der Waals surface area (Å²) in [5.74, 6) is -0.955. The summed E-state index contributed by atoms with van der Waals surface area (Å²) in [5, 5.41) is 0.